The molecule has 1 unspecified atom stereocenters. The van der Waals surface area contributed by atoms with Gasteiger partial charge in [-0.15, -0.1) is 0 Å². The number of likely N-dealkylation sites (N-methyl/N-ethyl adjacent to an activating group) is 6. The second-order valence-electron chi connectivity index (χ2n) is 22.2. The summed E-state index contributed by atoms with van der Waals surface area (Å²) in [7, 11) is 8.67. The van der Waals surface area contributed by atoms with Gasteiger partial charge in [-0.05, 0) is 89.4 Å². The summed E-state index contributed by atoms with van der Waals surface area (Å²) in [5.41, 5.74) is -1.48. The third-order valence-electron chi connectivity index (χ3n) is 12.8. The van der Waals surface area contributed by atoms with Crippen LogP contribution in [0.5, 0.6) is 0 Å². The molecule has 0 heterocycles. The number of amides is 9. The zero-order valence-electron chi connectivity index (χ0n) is 47.9. The molecule has 0 radical (unpaired) electrons. The Morgan fingerprint density at radius 1 is 0.562 bits per heavy atom. The van der Waals surface area contributed by atoms with Crippen LogP contribution < -0.4 is 16.0 Å². The molecule has 9 amide bonds. The molecule has 418 valence electrons. The molecule has 20 nitrogen and oxygen atoms in total. The molecule has 20 heteroatoms. The quantitative estimate of drug-likeness (QED) is 0.0564. The van der Waals surface area contributed by atoms with Crippen molar-refractivity contribution in [3.05, 3.63) is 12.2 Å². The van der Waals surface area contributed by atoms with Crippen molar-refractivity contribution in [3.8, 4) is 0 Å². The number of aliphatic hydroxyl groups is 1. The van der Waals surface area contributed by atoms with Gasteiger partial charge in [-0.25, -0.2) is 0 Å². The molecule has 0 saturated heterocycles. The van der Waals surface area contributed by atoms with Crippen molar-refractivity contribution in [2.24, 2.45) is 29.6 Å². The molecule has 0 aromatic carbocycles. The van der Waals surface area contributed by atoms with Gasteiger partial charge in [0.25, 0.3) is 0 Å². The lowest BCUT2D eigenvalue weighted by atomic mass is 9.95. The fraction of sp³-hybridized carbons (Fsp3) is 0.774. The second-order valence-corrected chi connectivity index (χ2v) is 22.2. The maximum absolute atomic E-state index is 14.1. The van der Waals surface area contributed by atoms with Crippen LogP contribution in [0, 0.1) is 29.6 Å². The molecule has 0 rings (SSSR count). The van der Waals surface area contributed by atoms with Crippen molar-refractivity contribution >= 4 is 59.5 Å². The normalized spacial score (nSPS) is 14.6. The fourth-order valence-electron chi connectivity index (χ4n) is 7.99. The average Bonchev–Trinajstić information content (AvgIpc) is 3.30. The lowest BCUT2D eigenvalue weighted by Gasteiger charge is -2.36. The summed E-state index contributed by atoms with van der Waals surface area (Å²) in [6.07, 6.45) is 6.56. The summed E-state index contributed by atoms with van der Waals surface area (Å²) in [5, 5.41) is 18.8. The van der Waals surface area contributed by atoms with Crippen molar-refractivity contribution in [1.82, 2.24) is 45.3 Å². The fourth-order valence-corrected chi connectivity index (χ4v) is 7.99. The van der Waals surface area contributed by atoms with E-state index in [9.17, 15) is 53.1 Å². The van der Waals surface area contributed by atoms with Crippen molar-refractivity contribution in [3.63, 3.8) is 0 Å². The molecule has 7 atom stereocenters. The van der Waals surface area contributed by atoms with Gasteiger partial charge in [0, 0.05) is 55.1 Å². The summed E-state index contributed by atoms with van der Waals surface area (Å²) in [6, 6.07) is -6.10. The van der Waals surface area contributed by atoms with Crippen LogP contribution in [0.15, 0.2) is 12.2 Å². The second kappa shape index (κ2) is 32.0. The SMILES string of the molecule is C/C=C/C[C@@H](C)C[C@@H](C(=O)NCC(=O)N(C)CC(=O)N(C)[C@@H](CC(C)(C)O)C(=O)NC(C(=O)N(C)[C@@H](CC(C)C)C(=O)N[C@@H](C)C=O)C(C)C)N(C)C(=O)CN(C)C(=O)[C@H](CC(C)C)N(C)C(=O)CCC(C)C. The highest BCUT2D eigenvalue weighted by molar-refractivity contribution is 5.96. The Kier molecular flexibility index (Phi) is 29.7. The summed E-state index contributed by atoms with van der Waals surface area (Å²) < 4.78 is 0. The summed E-state index contributed by atoms with van der Waals surface area (Å²) in [6.45, 7) is 21.8. The lowest BCUT2D eigenvalue weighted by molar-refractivity contribution is -0.148. The van der Waals surface area contributed by atoms with Crippen LogP contribution in [0.2, 0.25) is 0 Å². The molecular formula is C53H95N9O11. The number of aldehydes is 1. The van der Waals surface area contributed by atoms with E-state index in [2.05, 4.69) is 16.0 Å². The molecule has 0 saturated carbocycles. The van der Waals surface area contributed by atoms with E-state index in [1.165, 1.54) is 75.6 Å². The third-order valence-corrected chi connectivity index (χ3v) is 12.8. The molecule has 0 spiro atoms. The minimum absolute atomic E-state index is 0.0179. The first-order chi connectivity index (χ1) is 33.6. The van der Waals surface area contributed by atoms with Crippen LogP contribution >= 0.6 is 0 Å². The smallest absolute Gasteiger partial charge is 0.245 e. The van der Waals surface area contributed by atoms with E-state index in [0.717, 1.165) is 9.80 Å². The molecule has 73 heavy (non-hydrogen) atoms. The maximum Gasteiger partial charge on any atom is 0.245 e. The highest BCUT2D eigenvalue weighted by atomic mass is 16.3. The number of nitrogens with one attached hydrogen (secondary N) is 3. The summed E-state index contributed by atoms with van der Waals surface area (Å²) in [5.74, 6) is -5.20. The minimum atomic E-state index is -1.48. The zero-order chi connectivity index (χ0) is 56.8. The lowest BCUT2D eigenvalue weighted by Crippen LogP contribution is -2.60. The first-order valence-electron chi connectivity index (χ1n) is 25.8. The minimum Gasteiger partial charge on any atom is -0.390 e. The van der Waals surface area contributed by atoms with Crippen molar-refractivity contribution in [2.75, 3.05) is 61.9 Å². The topological polar surface area (TPSA) is 246 Å². The molecule has 0 fully saturated rings. The Bertz CT molecular complexity index is 1880. The van der Waals surface area contributed by atoms with Gasteiger partial charge in [0.1, 0.15) is 36.5 Å². The molecule has 0 aliphatic carbocycles. The highest BCUT2D eigenvalue weighted by Crippen LogP contribution is 2.21. The Morgan fingerprint density at radius 2 is 1.04 bits per heavy atom. The van der Waals surface area contributed by atoms with Crippen LogP contribution in [0.4, 0.5) is 0 Å². The Labute approximate surface area is 437 Å². The molecule has 4 N–H and O–H groups in total. The van der Waals surface area contributed by atoms with Gasteiger partial charge < -0.3 is 55.3 Å². The van der Waals surface area contributed by atoms with Crippen molar-refractivity contribution < 1.29 is 53.1 Å². The molecule has 0 aliphatic heterocycles. The predicted molar refractivity (Wildman–Crippen MR) is 282 cm³/mol. The van der Waals surface area contributed by atoms with Crippen LogP contribution in [0.25, 0.3) is 0 Å². The van der Waals surface area contributed by atoms with E-state index >= 15 is 0 Å². The zero-order valence-corrected chi connectivity index (χ0v) is 47.9. The number of allylic oxidation sites excluding steroid dienone is 2. The monoisotopic (exact) mass is 1030 g/mol. The number of carbonyl (C=O) groups excluding carboxylic acids is 10. The number of hydrogen-bond donors (Lipinski definition) is 4. The Hall–Kier alpha value is -5.40. The summed E-state index contributed by atoms with van der Waals surface area (Å²) >= 11 is 0. The van der Waals surface area contributed by atoms with Gasteiger partial charge >= 0.3 is 0 Å². The number of hydrogen-bond acceptors (Lipinski definition) is 11. The van der Waals surface area contributed by atoms with E-state index < -0.39 is 108 Å². The molecule has 0 bridgehead atoms. The molecule has 0 aromatic rings. The van der Waals surface area contributed by atoms with Gasteiger partial charge in [0.05, 0.1) is 31.3 Å². The molecule has 0 aromatic heterocycles. The summed E-state index contributed by atoms with van der Waals surface area (Å²) in [4.78, 5) is 142. The Morgan fingerprint density at radius 3 is 1.52 bits per heavy atom. The van der Waals surface area contributed by atoms with Crippen LogP contribution in [0.1, 0.15) is 135 Å². The van der Waals surface area contributed by atoms with E-state index in [4.69, 9.17) is 0 Å². The largest absolute Gasteiger partial charge is 0.390 e. The van der Waals surface area contributed by atoms with Gasteiger partial charge in [-0.2, -0.15) is 0 Å². The third kappa shape index (κ3) is 24.0. The van der Waals surface area contributed by atoms with Gasteiger partial charge in [-0.1, -0.05) is 74.5 Å². The average molecular weight is 1030 g/mol. The van der Waals surface area contributed by atoms with E-state index in [-0.39, 0.29) is 55.9 Å². The van der Waals surface area contributed by atoms with Gasteiger partial charge in [0.15, 0.2) is 0 Å². The molecular weight excluding hydrogens is 939 g/mol. The van der Waals surface area contributed by atoms with E-state index in [1.54, 1.807) is 20.9 Å². The maximum atomic E-state index is 14.1. The predicted octanol–water partition coefficient (Wildman–Crippen LogP) is 2.85. The van der Waals surface area contributed by atoms with E-state index in [1.807, 2.05) is 67.5 Å². The standard InChI is InChI=1S/C53H95N9O11/c1-20-21-22-37(10)27-40(59(16)46(67)31-58(15)51(71)41(26-35(6)7)60(17)43(64)24-23-33(2)3)48(68)54-29-44(65)57(14)30-45(66)61(18)42(28-53(12,13)73)50(70)56-47(36(8)9)52(72)62(19)39(25-34(4)5)49(69)55-38(11)32-63/h20-21,32-42,47,73H,22-31H2,1-19H3,(H,54,68)(H,55,69)(H,56,70)/b21-20+/t37-,38+,39+,40+,41+,42+,47?/m1/s1. The van der Waals surface area contributed by atoms with Gasteiger partial charge in [0.2, 0.25) is 53.2 Å². The number of rotatable bonds is 32. The molecule has 0 aliphatic rings. The van der Waals surface area contributed by atoms with Gasteiger partial charge in [-0.3, -0.25) is 43.2 Å². The van der Waals surface area contributed by atoms with Crippen LogP contribution in [0.3, 0.4) is 0 Å². The highest BCUT2D eigenvalue weighted by Gasteiger charge is 2.39. The van der Waals surface area contributed by atoms with Crippen molar-refractivity contribution in [2.45, 2.75) is 177 Å². The first kappa shape index (κ1) is 67.6. The van der Waals surface area contributed by atoms with Crippen LogP contribution in [-0.2, 0) is 47.9 Å². The van der Waals surface area contributed by atoms with E-state index in [0.29, 0.717) is 31.5 Å². The first-order valence-corrected chi connectivity index (χ1v) is 25.8. The Balaban J connectivity index is 6.34. The number of carbonyl (C=O) groups is 10. The van der Waals surface area contributed by atoms with Crippen LogP contribution in [-0.4, -0.2) is 198 Å². The number of nitrogens with zero attached hydrogens (tertiary/aromatic N) is 6. The van der Waals surface area contributed by atoms with Crippen molar-refractivity contribution in [1.29, 1.82) is 0 Å².